The standard InChI is InChI=1S/C11H15NO6S/c1-18-11(15)8-3-2-4-10(5-8)19(16,17)12-6-9(14)7-13/h2-5,9,12-14H,6-7H2,1H3. The van der Waals surface area contributed by atoms with E-state index in [2.05, 4.69) is 9.46 Å². The number of methoxy groups -OCH3 is 1. The summed E-state index contributed by atoms with van der Waals surface area (Å²) in [5.41, 5.74) is 0.105. The van der Waals surface area contributed by atoms with Crippen molar-refractivity contribution in [3.63, 3.8) is 0 Å². The number of ether oxygens (including phenoxy) is 1. The van der Waals surface area contributed by atoms with Gasteiger partial charge in [-0.25, -0.2) is 17.9 Å². The number of carbonyl (C=O) groups is 1. The molecule has 19 heavy (non-hydrogen) atoms. The molecule has 0 bridgehead atoms. The van der Waals surface area contributed by atoms with Gasteiger partial charge in [-0.05, 0) is 18.2 Å². The van der Waals surface area contributed by atoms with Crippen LogP contribution >= 0.6 is 0 Å². The number of esters is 1. The topological polar surface area (TPSA) is 113 Å². The van der Waals surface area contributed by atoms with Crippen LogP contribution in [-0.2, 0) is 14.8 Å². The molecule has 1 unspecified atom stereocenters. The molecule has 0 aliphatic carbocycles. The molecule has 0 aliphatic heterocycles. The van der Waals surface area contributed by atoms with Crippen LogP contribution in [0.5, 0.6) is 0 Å². The van der Waals surface area contributed by atoms with Crippen LogP contribution in [-0.4, -0.2) is 51.0 Å². The molecule has 1 aromatic rings. The van der Waals surface area contributed by atoms with Crippen LogP contribution in [0.25, 0.3) is 0 Å². The minimum atomic E-state index is -3.86. The number of carbonyl (C=O) groups excluding carboxylic acids is 1. The Labute approximate surface area is 110 Å². The number of hydrogen-bond donors (Lipinski definition) is 3. The van der Waals surface area contributed by atoms with Crippen molar-refractivity contribution < 1.29 is 28.2 Å². The summed E-state index contributed by atoms with van der Waals surface area (Å²) in [5, 5.41) is 17.7. The van der Waals surface area contributed by atoms with Crippen molar-refractivity contribution in [2.45, 2.75) is 11.0 Å². The number of rotatable bonds is 6. The number of sulfonamides is 1. The van der Waals surface area contributed by atoms with Gasteiger partial charge in [0.2, 0.25) is 10.0 Å². The van der Waals surface area contributed by atoms with E-state index in [0.29, 0.717) is 0 Å². The van der Waals surface area contributed by atoms with Crippen LogP contribution in [0.3, 0.4) is 0 Å². The molecule has 0 fully saturated rings. The Bertz CT molecular complexity index is 542. The normalized spacial score (nSPS) is 13.0. The average Bonchev–Trinajstić information content (AvgIpc) is 2.44. The fourth-order valence-electron chi connectivity index (χ4n) is 1.26. The first kappa shape index (κ1) is 15.6. The minimum Gasteiger partial charge on any atom is -0.465 e. The highest BCUT2D eigenvalue weighted by molar-refractivity contribution is 7.89. The molecule has 0 heterocycles. The van der Waals surface area contributed by atoms with Gasteiger partial charge in [-0.15, -0.1) is 0 Å². The smallest absolute Gasteiger partial charge is 0.337 e. The van der Waals surface area contributed by atoms with E-state index in [1.54, 1.807) is 0 Å². The lowest BCUT2D eigenvalue weighted by atomic mass is 10.2. The zero-order valence-corrected chi connectivity index (χ0v) is 11.1. The molecule has 106 valence electrons. The van der Waals surface area contributed by atoms with E-state index in [1.807, 2.05) is 0 Å². The number of nitrogens with one attached hydrogen (secondary N) is 1. The van der Waals surface area contributed by atoms with Crippen LogP contribution < -0.4 is 4.72 Å². The summed E-state index contributed by atoms with van der Waals surface area (Å²) >= 11 is 0. The van der Waals surface area contributed by atoms with E-state index in [1.165, 1.54) is 31.4 Å². The van der Waals surface area contributed by atoms with Gasteiger partial charge in [-0.3, -0.25) is 0 Å². The van der Waals surface area contributed by atoms with E-state index >= 15 is 0 Å². The highest BCUT2D eigenvalue weighted by atomic mass is 32.2. The van der Waals surface area contributed by atoms with Crippen LogP contribution in [0, 0.1) is 0 Å². The molecule has 0 saturated carbocycles. The summed E-state index contributed by atoms with van der Waals surface area (Å²) in [4.78, 5) is 11.2. The summed E-state index contributed by atoms with van der Waals surface area (Å²) in [6.07, 6.45) is -1.18. The van der Waals surface area contributed by atoms with Crippen molar-refractivity contribution in [2.75, 3.05) is 20.3 Å². The summed E-state index contributed by atoms with van der Waals surface area (Å²) in [5.74, 6) is -0.646. The van der Waals surface area contributed by atoms with Gasteiger partial charge < -0.3 is 14.9 Å². The number of hydrogen-bond acceptors (Lipinski definition) is 6. The molecule has 0 radical (unpaired) electrons. The molecule has 0 saturated heterocycles. The van der Waals surface area contributed by atoms with Crippen molar-refractivity contribution in [2.24, 2.45) is 0 Å². The Morgan fingerprint density at radius 1 is 1.47 bits per heavy atom. The Morgan fingerprint density at radius 3 is 2.74 bits per heavy atom. The number of aliphatic hydroxyl groups excluding tert-OH is 2. The predicted octanol–water partition coefficient (Wildman–Crippen LogP) is -0.895. The van der Waals surface area contributed by atoms with Crippen molar-refractivity contribution in [1.82, 2.24) is 4.72 Å². The van der Waals surface area contributed by atoms with Crippen molar-refractivity contribution in [3.8, 4) is 0 Å². The fourth-order valence-corrected chi connectivity index (χ4v) is 2.38. The summed E-state index contributed by atoms with van der Waals surface area (Å²) < 4.78 is 30.3. The molecule has 0 aromatic heterocycles. The van der Waals surface area contributed by atoms with Crippen molar-refractivity contribution in [1.29, 1.82) is 0 Å². The molecule has 1 rings (SSSR count). The molecule has 0 spiro atoms. The van der Waals surface area contributed by atoms with Gasteiger partial charge in [-0.2, -0.15) is 0 Å². The molecule has 1 aromatic carbocycles. The second kappa shape index (κ2) is 6.62. The summed E-state index contributed by atoms with van der Waals surface area (Å²) in [6, 6.07) is 5.30. The van der Waals surface area contributed by atoms with Gasteiger partial charge in [-0.1, -0.05) is 6.07 Å². The lowest BCUT2D eigenvalue weighted by molar-refractivity contribution is 0.0600. The first-order chi connectivity index (χ1) is 8.90. The summed E-state index contributed by atoms with van der Waals surface area (Å²) in [6.45, 7) is -0.869. The van der Waals surface area contributed by atoms with Gasteiger partial charge in [0.1, 0.15) is 0 Å². The van der Waals surface area contributed by atoms with Crippen LogP contribution in [0.15, 0.2) is 29.2 Å². The first-order valence-corrected chi connectivity index (χ1v) is 6.86. The van der Waals surface area contributed by atoms with Gasteiger partial charge in [0.25, 0.3) is 0 Å². The third kappa shape index (κ3) is 4.28. The molecule has 0 amide bonds. The van der Waals surface area contributed by atoms with Crippen LogP contribution in [0.2, 0.25) is 0 Å². The lowest BCUT2D eigenvalue weighted by Gasteiger charge is -2.10. The zero-order chi connectivity index (χ0) is 14.5. The Morgan fingerprint density at radius 2 is 2.16 bits per heavy atom. The van der Waals surface area contributed by atoms with E-state index in [-0.39, 0.29) is 17.0 Å². The van der Waals surface area contributed by atoms with Gasteiger partial charge >= 0.3 is 5.97 Å². The van der Waals surface area contributed by atoms with Crippen LogP contribution in [0.4, 0.5) is 0 Å². The largest absolute Gasteiger partial charge is 0.465 e. The third-order valence-electron chi connectivity index (χ3n) is 2.29. The molecule has 1 atom stereocenters. The predicted molar refractivity (Wildman–Crippen MR) is 66.1 cm³/mol. The van der Waals surface area contributed by atoms with E-state index in [4.69, 9.17) is 10.2 Å². The highest BCUT2D eigenvalue weighted by Crippen LogP contribution is 2.12. The van der Waals surface area contributed by atoms with E-state index in [9.17, 15) is 13.2 Å². The van der Waals surface area contributed by atoms with Crippen molar-refractivity contribution in [3.05, 3.63) is 29.8 Å². The van der Waals surface area contributed by atoms with Gasteiger partial charge in [0.15, 0.2) is 0 Å². The van der Waals surface area contributed by atoms with E-state index in [0.717, 1.165) is 0 Å². The maximum Gasteiger partial charge on any atom is 0.337 e. The zero-order valence-electron chi connectivity index (χ0n) is 10.2. The minimum absolute atomic E-state index is 0.105. The second-order valence-corrected chi connectivity index (χ2v) is 5.47. The highest BCUT2D eigenvalue weighted by Gasteiger charge is 2.17. The monoisotopic (exact) mass is 289 g/mol. The fraction of sp³-hybridized carbons (Fsp3) is 0.364. The van der Waals surface area contributed by atoms with Gasteiger partial charge in [0, 0.05) is 6.54 Å². The van der Waals surface area contributed by atoms with Gasteiger partial charge in [0.05, 0.1) is 30.3 Å². The molecule has 8 heteroatoms. The van der Waals surface area contributed by atoms with E-state index < -0.39 is 28.7 Å². The Kier molecular flexibility index (Phi) is 5.43. The maximum atomic E-state index is 11.9. The SMILES string of the molecule is COC(=O)c1cccc(S(=O)(=O)NCC(O)CO)c1. The van der Waals surface area contributed by atoms with Crippen molar-refractivity contribution >= 4 is 16.0 Å². The molecule has 0 aliphatic rings. The number of benzene rings is 1. The Hall–Kier alpha value is -1.48. The number of aliphatic hydroxyl groups is 2. The quantitative estimate of drug-likeness (QED) is 0.585. The Balaban J connectivity index is 2.92. The second-order valence-electron chi connectivity index (χ2n) is 3.71. The third-order valence-corrected chi connectivity index (χ3v) is 3.71. The van der Waals surface area contributed by atoms with Crippen LogP contribution in [0.1, 0.15) is 10.4 Å². The molecule has 7 nitrogen and oxygen atoms in total. The molecular formula is C11H15NO6S. The maximum absolute atomic E-state index is 11.9. The molecular weight excluding hydrogens is 274 g/mol. The summed E-state index contributed by atoms with van der Waals surface area (Å²) in [7, 11) is -2.66. The first-order valence-electron chi connectivity index (χ1n) is 5.37. The average molecular weight is 289 g/mol. The lowest BCUT2D eigenvalue weighted by Crippen LogP contribution is -2.34. The molecule has 3 N–H and O–H groups in total.